The molecule has 5 aromatic rings. The van der Waals surface area contributed by atoms with Crippen LogP contribution in [0.5, 0.6) is 5.88 Å². The summed E-state index contributed by atoms with van der Waals surface area (Å²) in [4.78, 5) is 29.6. The van der Waals surface area contributed by atoms with Crippen LogP contribution in [0.4, 0.5) is 0 Å². The van der Waals surface area contributed by atoms with E-state index in [0.717, 1.165) is 47.2 Å². The predicted octanol–water partition coefficient (Wildman–Crippen LogP) is 5.65. The predicted molar refractivity (Wildman–Crippen MR) is 153 cm³/mol. The molecule has 1 aliphatic rings. The van der Waals surface area contributed by atoms with E-state index in [1.807, 2.05) is 54.6 Å². The summed E-state index contributed by atoms with van der Waals surface area (Å²) in [6, 6.07) is 20.6. The van der Waals surface area contributed by atoms with Gasteiger partial charge in [0.15, 0.2) is 0 Å². The van der Waals surface area contributed by atoms with Gasteiger partial charge < -0.3 is 14.8 Å². The van der Waals surface area contributed by atoms with Gasteiger partial charge in [-0.1, -0.05) is 55.8 Å². The smallest absolute Gasteiger partial charge is 0.336 e. The Labute approximate surface area is 229 Å². The average molecular weight is 541 g/mol. The number of nitrogens with zero attached hydrogens (tertiary/aromatic N) is 4. The van der Waals surface area contributed by atoms with Gasteiger partial charge in [0.05, 0.1) is 33.9 Å². The number of unbranched alkanes of at least 4 members (excludes halogenated alkanes) is 1. The lowest BCUT2D eigenvalue weighted by Gasteiger charge is -2.12. The van der Waals surface area contributed by atoms with E-state index in [1.54, 1.807) is 28.5 Å². The van der Waals surface area contributed by atoms with Gasteiger partial charge in [-0.15, -0.1) is 11.8 Å². The van der Waals surface area contributed by atoms with Crippen LogP contribution in [0.1, 0.15) is 47.2 Å². The molecule has 9 heteroatoms. The first kappa shape index (κ1) is 25.1. The second-order valence-electron chi connectivity index (χ2n) is 9.73. The van der Waals surface area contributed by atoms with Crippen molar-refractivity contribution in [2.45, 2.75) is 44.4 Å². The van der Waals surface area contributed by atoms with Gasteiger partial charge in [0.25, 0.3) is 0 Å². The largest absolute Gasteiger partial charge is 0.493 e. The Balaban J connectivity index is 1.39. The van der Waals surface area contributed by atoms with Crippen LogP contribution >= 0.6 is 11.8 Å². The number of fused-ring (bicyclic) bond motifs is 2. The summed E-state index contributed by atoms with van der Waals surface area (Å²) in [6.07, 6.45) is 2.88. The van der Waals surface area contributed by atoms with Crippen molar-refractivity contribution < 1.29 is 15.0 Å². The van der Waals surface area contributed by atoms with E-state index in [9.17, 15) is 19.8 Å². The zero-order valence-electron chi connectivity index (χ0n) is 21.5. The number of thioether (sulfide) groups is 1. The Morgan fingerprint density at radius 1 is 1.08 bits per heavy atom. The molecule has 0 saturated heterocycles. The highest BCUT2D eigenvalue weighted by Gasteiger charge is 2.25. The molecule has 3 heterocycles. The molecule has 39 heavy (non-hydrogen) atoms. The molecule has 0 atom stereocenters. The number of hydrogen-bond donors (Lipinski definition) is 2. The molecule has 198 valence electrons. The number of aryl methyl sites for hydroxylation is 1. The van der Waals surface area contributed by atoms with Crippen LogP contribution in [0.3, 0.4) is 0 Å². The van der Waals surface area contributed by atoms with Gasteiger partial charge in [-0.05, 0) is 47.4 Å². The molecule has 0 amide bonds. The van der Waals surface area contributed by atoms with E-state index in [4.69, 9.17) is 4.98 Å². The van der Waals surface area contributed by atoms with Crippen molar-refractivity contribution in [3.8, 4) is 22.7 Å². The maximum absolute atomic E-state index is 13.0. The van der Waals surface area contributed by atoms with Crippen LogP contribution in [0.15, 0.2) is 71.5 Å². The molecular formula is C30H28N4O4S. The van der Waals surface area contributed by atoms with Crippen LogP contribution < -0.4 is 5.69 Å². The van der Waals surface area contributed by atoms with Gasteiger partial charge >= 0.3 is 11.7 Å². The van der Waals surface area contributed by atoms with Crippen molar-refractivity contribution in [3.63, 3.8) is 0 Å². The SMILES string of the molecule is CCCCc1nc2ccc(-n3c(O)c4n(c3=O)CSC4)cc2n1Cc1ccc(-c2ccccc2C(=O)O)cc1. The van der Waals surface area contributed by atoms with Crippen LogP contribution in [-0.2, 0) is 24.6 Å². The van der Waals surface area contributed by atoms with Crippen molar-refractivity contribution in [2.24, 2.45) is 0 Å². The number of hydrogen-bond acceptors (Lipinski definition) is 5. The third-order valence-electron chi connectivity index (χ3n) is 7.26. The normalized spacial score (nSPS) is 12.7. The van der Waals surface area contributed by atoms with Gasteiger partial charge in [-0.2, -0.15) is 0 Å². The van der Waals surface area contributed by atoms with Crippen molar-refractivity contribution in [3.05, 3.63) is 99.9 Å². The number of aromatic nitrogens is 4. The number of imidazole rings is 2. The molecule has 3 aromatic carbocycles. The molecule has 6 rings (SSSR count). The van der Waals surface area contributed by atoms with Gasteiger partial charge in [0.1, 0.15) is 5.82 Å². The van der Waals surface area contributed by atoms with Gasteiger partial charge in [-0.3, -0.25) is 4.57 Å². The maximum Gasteiger partial charge on any atom is 0.336 e. The van der Waals surface area contributed by atoms with E-state index in [1.165, 1.54) is 4.57 Å². The molecular weight excluding hydrogens is 512 g/mol. The van der Waals surface area contributed by atoms with Crippen molar-refractivity contribution >= 4 is 28.8 Å². The zero-order chi connectivity index (χ0) is 27.1. The van der Waals surface area contributed by atoms with Crippen LogP contribution in [0.2, 0.25) is 0 Å². The van der Waals surface area contributed by atoms with E-state index in [2.05, 4.69) is 11.5 Å². The first-order valence-electron chi connectivity index (χ1n) is 13.0. The minimum atomic E-state index is -0.951. The van der Waals surface area contributed by atoms with Gasteiger partial charge in [-0.25, -0.2) is 19.1 Å². The van der Waals surface area contributed by atoms with E-state index < -0.39 is 5.97 Å². The fourth-order valence-corrected chi connectivity index (χ4v) is 6.23. The molecule has 8 nitrogen and oxygen atoms in total. The van der Waals surface area contributed by atoms with Crippen LogP contribution in [-0.4, -0.2) is 34.9 Å². The fraction of sp³-hybridized carbons (Fsp3) is 0.233. The highest BCUT2D eigenvalue weighted by Crippen LogP contribution is 2.32. The number of benzene rings is 3. The summed E-state index contributed by atoms with van der Waals surface area (Å²) in [5, 5.41) is 20.4. The first-order valence-corrected chi connectivity index (χ1v) is 14.1. The summed E-state index contributed by atoms with van der Waals surface area (Å²) in [5.41, 5.74) is 5.62. The van der Waals surface area contributed by atoms with Crippen LogP contribution in [0, 0.1) is 0 Å². The van der Waals surface area contributed by atoms with E-state index in [-0.39, 0.29) is 17.1 Å². The number of carboxylic acid groups (broad SMARTS) is 1. The Bertz CT molecular complexity index is 1760. The lowest BCUT2D eigenvalue weighted by Crippen LogP contribution is -2.21. The minimum absolute atomic E-state index is 0.00106. The molecule has 1 aliphatic heterocycles. The molecule has 0 bridgehead atoms. The lowest BCUT2D eigenvalue weighted by atomic mass is 9.99. The molecule has 0 fully saturated rings. The highest BCUT2D eigenvalue weighted by molar-refractivity contribution is 7.97. The minimum Gasteiger partial charge on any atom is -0.493 e. The van der Waals surface area contributed by atoms with Gasteiger partial charge in [0.2, 0.25) is 5.88 Å². The number of aromatic hydroxyl groups is 1. The van der Waals surface area contributed by atoms with Crippen molar-refractivity contribution in [2.75, 3.05) is 0 Å². The Morgan fingerprint density at radius 3 is 2.62 bits per heavy atom. The number of aromatic carboxylic acids is 1. The quantitative estimate of drug-likeness (QED) is 0.264. The fourth-order valence-electron chi connectivity index (χ4n) is 5.21. The first-order chi connectivity index (χ1) is 19.0. The summed E-state index contributed by atoms with van der Waals surface area (Å²) >= 11 is 1.61. The third kappa shape index (κ3) is 4.42. The second-order valence-corrected chi connectivity index (χ2v) is 10.7. The molecule has 2 aromatic heterocycles. The summed E-state index contributed by atoms with van der Waals surface area (Å²) in [5.74, 6) is 1.18. The Kier molecular flexibility index (Phi) is 6.52. The number of rotatable bonds is 8. The third-order valence-corrected chi connectivity index (χ3v) is 8.18. The van der Waals surface area contributed by atoms with Gasteiger partial charge in [0, 0.05) is 18.7 Å². The standard InChI is InChI=1S/C30H28N4O4S/c1-2-3-8-27-31-24-14-13-21(34-28(35)26-17-39-18-33(26)30(34)38)15-25(24)32(27)16-19-9-11-20(12-10-19)22-6-4-5-7-23(22)29(36)37/h4-7,9-15,35H,2-3,8,16-18H2,1H3,(H,36,37). The van der Waals surface area contributed by atoms with Crippen molar-refractivity contribution in [1.29, 1.82) is 0 Å². The topological polar surface area (TPSA) is 102 Å². The second kappa shape index (κ2) is 10.1. The highest BCUT2D eigenvalue weighted by atomic mass is 32.2. The molecule has 0 saturated carbocycles. The Morgan fingerprint density at radius 2 is 1.87 bits per heavy atom. The van der Waals surface area contributed by atoms with E-state index in [0.29, 0.717) is 35.1 Å². The monoisotopic (exact) mass is 540 g/mol. The average Bonchev–Trinajstić information content (AvgIpc) is 3.63. The van der Waals surface area contributed by atoms with E-state index >= 15 is 0 Å². The number of carbonyl (C=O) groups is 1. The van der Waals surface area contributed by atoms with Crippen LogP contribution in [0.25, 0.3) is 27.8 Å². The summed E-state index contributed by atoms with van der Waals surface area (Å²) in [6.45, 7) is 2.72. The molecule has 0 radical (unpaired) electrons. The summed E-state index contributed by atoms with van der Waals surface area (Å²) in [7, 11) is 0. The number of carboxylic acids is 1. The molecule has 0 spiro atoms. The van der Waals surface area contributed by atoms with Crippen molar-refractivity contribution in [1.82, 2.24) is 18.7 Å². The Hall–Kier alpha value is -4.24. The molecule has 0 aliphatic carbocycles. The maximum atomic E-state index is 13.0. The zero-order valence-corrected chi connectivity index (χ0v) is 22.3. The summed E-state index contributed by atoms with van der Waals surface area (Å²) < 4.78 is 5.18. The molecule has 0 unspecified atom stereocenters. The lowest BCUT2D eigenvalue weighted by molar-refractivity contribution is 0.0697. The molecule has 2 N–H and O–H groups in total.